The summed E-state index contributed by atoms with van der Waals surface area (Å²) in [6.07, 6.45) is 1.13. The molecule has 0 unspecified atom stereocenters. The Kier molecular flexibility index (Phi) is 4.05. The fraction of sp³-hybridized carbons (Fsp3) is 0.250. The zero-order chi connectivity index (χ0) is 12.1. The molecule has 0 saturated carbocycles. The van der Waals surface area contributed by atoms with Crippen molar-refractivity contribution in [3.63, 3.8) is 0 Å². The molecule has 0 heterocycles. The maximum atomic E-state index is 13.2. The third-order valence-electron chi connectivity index (χ3n) is 2.20. The summed E-state index contributed by atoms with van der Waals surface area (Å²) in [5, 5.41) is 11.5. The Bertz CT molecular complexity index is 427. The molecule has 0 saturated heterocycles. The number of hydrogen-bond acceptors (Lipinski definition) is 2. The number of carboxylic acid groups (broad SMARTS) is 1. The van der Waals surface area contributed by atoms with Gasteiger partial charge in [-0.1, -0.05) is 6.07 Å². The molecule has 0 aliphatic rings. The molecule has 1 aromatic carbocycles. The number of hydrogen-bond donors (Lipinski definition) is 2. The monoisotopic (exact) mass is 223 g/mol. The number of halogens is 1. The molecule has 0 aliphatic carbocycles. The van der Waals surface area contributed by atoms with Gasteiger partial charge in [-0.3, -0.25) is 0 Å². The number of anilines is 1. The van der Waals surface area contributed by atoms with Gasteiger partial charge in [0.1, 0.15) is 5.82 Å². The summed E-state index contributed by atoms with van der Waals surface area (Å²) >= 11 is 0. The molecule has 86 valence electrons. The van der Waals surface area contributed by atoms with Crippen molar-refractivity contribution in [3.05, 3.63) is 41.2 Å². The zero-order valence-electron chi connectivity index (χ0n) is 9.25. The lowest BCUT2D eigenvalue weighted by Gasteiger charge is -2.09. The summed E-state index contributed by atoms with van der Waals surface area (Å²) in [5.41, 5.74) is 1.89. The Morgan fingerprint density at radius 3 is 2.88 bits per heavy atom. The quantitative estimate of drug-likeness (QED) is 0.771. The molecule has 1 rings (SSSR count). The highest BCUT2D eigenvalue weighted by Gasteiger charge is 2.02. The van der Waals surface area contributed by atoms with Gasteiger partial charge in [-0.2, -0.15) is 0 Å². The van der Waals surface area contributed by atoms with Crippen LogP contribution in [0.1, 0.15) is 12.5 Å². The number of carboxylic acids is 1. The Morgan fingerprint density at radius 1 is 1.56 bits per heavy atom. The predicted octanol–water partition coefficient (Wildman–Crippen LogP) is 2.58. The van der Waals surface area contributed by atoms with E-state index in [9.17, 15) is 9.18 Å². The van der Waals surface area contributed by atoms with Crippen molar-refractivity contribution >= 4 is 11.7 Å². The summed E-state index contributed by atoms with van der Waals surface area (Å²) < 4.78 is 13.2. The van der Waals surface area contributed by atoms with Gasteiger partial charge in [-0.05, 0) is 31.6 Å². The normalized spacial score (nSPS) is 11.3. The summed E-state index contributed by atoms with van der Waals surface area (Å²) in [6.45, 7) is 3.76. The molecule has 4 heteroatoms. The molecule has 0 amide bonds. The number of carbonyl (C=O) groups is 1. The van der Waals surface area contributed by atoms with Crippen LogP contribution in [0.2, 0.25) is 0 Å². The SMILES string of the molecule is C/C(=C/C(=O)O)CNc1cccc(F)c1C. The lowest BCUT2D eigenvalue weighted by atomic mass is 10.2. The number of rotatable bonds is 4. The van der Waals surface area contributed by atoms with E-state index in [1.165, 1.54) is 6.07 Å². The fourth-order valence-corrected chi connectivity index (χ4v) is 1.30. The van der Waals surface area contributed by atoms with Crippen molar-refractivity contribution in [2.24, 2.45) is 0 Å². The second-order valence-electron chi connectivity index (χ2n) is 3.59. The van der Waals surface area contributed by atoms with Gasteiger partial charge in [-0.25, -0.2) is 9.18 Å². The van der Waals surface area contributed by atoms with Crippen LogP contribution in [0.5, 0.6) is 0 Å². The highest BCUT2D eigenvalue weighted by molar-refractivity contribution is 5.80. The van der Waals surface area contributed by atoms with E-state index in [0.717, 1.165) is 6.08 Å². The maximum absolute atomic E-state index is 13.2. The number of nitrogens with one attached hydrogen (secondary N) is 1. The molecule has 0 atom stereocenters. The van der Waals surface area contributed by atoms with Crippen molar-refractivity contribution in [1.29, 1.82) is 0 Å². The Labute approximate surface area is 93.6 Å². The van der Waals surface area contributed by atoms with Gasteiger partial charge in [0, 0.05) is 23.9 Å². The van der Waals surface area contributed by atoms with Crippen LogP contribution in [0.25, 0.3) is 0 Å². The first-order valence-corrected chi connectivity index (χ1v) is 4.90. The van der Waals surface area contributed by atoms with Crippen molar-refractivity contribution in [1.82, 2.24) is 0 Å². The van der Waals surface area contributed by atoms with E-state index < -0.39 is 5.97 Å². The minimum absolute atomic E-state index is 0.273. The average Bonchev–Trinajstić information content (AvgIpc) is 2.19. The number of benzene rings is 1. The first-order valence-electron chi connectivity index (χ1n) is 4.90. The molecule has 0 fully saturated rings. The van der Waals surface area contributed by atoms with Crippen molar-refractivity contribution in [2.45, 2.75) is 13.8 Å². The van der Waals surface area contributed by atoms with Crippen LogP contribution in [-0.4, -0.2) is 17.6 Å². The highest BCUT2D eigenvalue weighted by Crippen LogP contribution is 2.17. The largest absolute Gasteiger partial charge is 0.478 e. The summed E-state index contributed by atoms with van der Waals surface area (Å²) in [4.78, 5) is 10.4. The van der Waals surface area contributed by atoms with E-state index in [-0.39, 0.29) is 5.82 Å². The van der Waals surface area contributed by atoms with E-state index in [2.05, 4.69) is 5.32 Å². The van der Waals surface area contributed by atoms with Crippen molar-refractivity contribution < 1.29 is 14.3 Å². The van der Waals surface area contributed by atoms with E-state index in [4.69, 9.17) is 5.11 Å². The van der Waals surface area contributed by atoms with Gasteiger partial charge in [0.25, 0.3) is 0 Å². The van der Waals surface area contributed by atoms with Gasteiger partial charge >= 0.3 is 5.97 Å². The number of aliphatic carboxylic acids is 1. The van der Waals surface area contributed by atoms with Gasteiger partial charge in [0.2, 0.25) is 0 Å². The second kappa shape index (κ2) is 5.30. The topological polar surface area (TPSA) is 49.3 Å². The van der Waals surface area contributed by atoms with Crippen LogP contribution in [0.4, 0.5) is 10.1 Å². The first-order chi connectivity index (χ1) is 7.50. The van der Waals surface area contributed by atoms with E-state index in [1.54, 1.807) is 26.0 Å². The van der Waals surface area contributed by atoms with Crippen LogP contribution in [0, 0.1) is 12.7 Å². The summed E-state index contributed by atoms with van der Waals surface area (Å²) in [7, 11) is 0. The maximum Gasteiger partial charge on any atom is 0.328 e. The van der Waals surface area contributed by atoms with Gasteiger partial charge in [0.15, 0.2) is 0 Å². The lowest BCUT2D eigenvalue weighted by Crippen LogP contribution is -2.06. The predicted molar refractivity (Wildman–Crippen MR) is 61.0 cm³/mol. The van der Waals surface area contributed by atoms with Crippen LogP contribution in [0.15, 0.2) is 29.8 Å². The molecule has 0 bridgehead atoms. The highest BCUT2D eigenvalue weighted by atomic mass is 19.1. The molecular formula is C12H14FNO2. The first kappa shape index (κ1) is 12.2. The molecule has 0 aliphatic heterocycles. The summed E-state index contributed by atoms with van der Waals surface area (Å²) in [5.74, 6) is -1.25. The van der Waals surface area contributed by atoms with Gasteiger partial charge in [-0.15, -0.1) is 0 Å². The van der Waals surface area contributed by atoms with Crippen LogP contribution in [-0.2, 0) is 4.79 Å². The van der Waals surface area contributed by atoms with Crippen molar-refractivity contribution in [2.75, 3.05) is 11.9 Å². The third-order valence-corrected chi connectivity index (χ3v) is 2.20. The van der Waals surface area contributed by atoms with E-state index in [0.29, 0.717) is 23.4 Å². The van der Waals surface area contributed by atoms with Crippen LogP contribution < -0.4 is 5.32 Å². The Morgan fingerprint density at radius 2 is 2.25 bits per heavy atom. The molecule has 16 heavy (non-hydrogen) atoms. The molecular weight excluding hydrogens is 209 g/mol. The average molecular weight is 223 g/mol. The smallest absolute Gasteiger partial charge is 0.328 e. The minimum Gasteiger partial charge on any atom is -0.478 e. The Balaban J connectivity index is 2.68. The zero-order valence-corrected chi connectivity index (χ0v) is 9.25. The van der Waals surface area contributed by atoms with Gasteiger partial charge in [0.05, 0.1) is 0 Å². The standard InChI is InChI=1S/C12H14FNO2/c1-8(6-12(15)16)7-14-11-5-3-4-10(13)9(11)2/h3-6,14H,7H2,1-2H3,(H,15,16)/b8-6-. The molecule has 0 radical (unpaired) electrons. The summed E-state index contributed by atoms with van der Waals surface area (Å²) in [6, 6.07) is 4.76. The fourth-order valence-electron chi connectivity index (χ4n) is 1.30. The molecule has 0 spiro atoms. The minimum atomic E-state index is -0.977. The molecule has 0 aromatic heterocycles. The second-order valence-corrected chi connectivity index (χ2v) is 3.59. The van der Waals surface area contributed by atoms with Crippen molar-refractivity contribution in [3.8, 4) is 0 Å². The van der Waals surface area contributed by atoms with E-state index >= 15 is 0 Å². The lowest BCUT2D eigenvalue weighted by molar-refractivity contribution is -0.131. The van der Waals surface area contributed by atoms with Crippen LogP contribution in [0.3, 0.4) is 0 Å². The third kappa shape index (κ3) is 3.38. The molecule has 3 nitrogen and oxygen atoms in total. The van der Waals surface area contributed by atoms with Crippen LogP contribution >= 0.6 is 0 Å². The molecule has 2 N–H and O–H groups in total. The van der Waals surface area contributed by atoms with Gasteiger partial charge < -0.3 is 10.4 Å². The van der Waals surface area contributed by atoms with E-state index in [1.807, 2.05) is 0 Å². The molecule has 1 aromatic rings. The Hall–Kier alpha value is -1.84.